The number of ether oxygens (including phenoxy) is 8. The first kappa shape index (κ1) is 81.3. The lowest BCUT2D eigenvalue weighted by atomic mass is 9.95. The van der Waals surface area contributed by atoms with Gasteiger partial charge in [0.25, 0.3) is 0 Å². The van der Waals surface area contributed by atoms with E-state index in [1.807, 2.05) is 6.08 Å². The van der Waals surface area contributed by atoms with Crippen molar-refractivity contribution in [1.82, 2.24) is 10.6 Å². The van der Waals surface area contributed by atoms with Gasteiger partial charge in [0.15, 0.2) is 25.2 Å². The summed E-state index contributed by atoms with van der Waals surface area (Å²) in [6, 6.07) is -2.53. The molecule has 0 radical (unpaired) electrons. The van der Waals surface area contributed by atoms with E-state index in [-0.39, 0.29) is 12.3 Å². The van der Waals surface area contributed by atoms with Gasteiger partial charge >= 0.3 is 0 Å². The van der Waals surface area contributed by atoms with Crippen LogP contribution in [0.4, 0.5) is 0 Å². The van der Waals surface area contributed by atoms with Crippen molar-refractivity contribution in [3.05, 3.63) is 12.2 Å². The smallest absolute Gasteiger partial charge is 0.220 e. The molecule has 4 aliphatic rings. The lowest BCUT2D eigenvalue weighted by Crippen LogP contribution is -2.69. The van der Waals surface area contributed by atoms with Gasteiger partial charge in [-0.25, -0.2) is 0 Å². The van der Waals surface area contributed by atoms with Gasteiger partial charge in [-0.2, -0.15) is 0 Å². The van der Waals surface area contributed by atoms with E-state index in [2.05, 4.69) is 24.5 Å². The highest BCUT2D eigenvalue weighted by Gasteiger charge is 2.56. The number of carbonyl (C=O) groups excluding carboxylic acids is 2. The van der Waals surface area contributed by atoms with E-state index < -0.39 is 174 Å². The van der Waals surface area contributed by atoms with Gasteiger partial charge in [0.1, 0.15) is 97.6 Å². The van der Waals surface area contributed by atoms with Gasteiger partial charge in [0.2, 0.25) is 11.8 Å². The fraction of sp³-hybridized carbons (Fsp3) is 0.939. The van der Waals surface area contributed by atoms with Gasteiger partial charge in [-0.05, 0) is 19.3 Å². The summed E-state index contributed by atoms with van der Waals surface area (Å²) in [7, 11) is 0. The number of hydrogen-bond donors (Lipinski definition) is 15. The summed E-state index contributed by atoms with van der Waals surface area (Å²) in [4.78, 5) is 25.5. The highest BCUT2D eigenvalue weighted by molar-refractivity contribution is 5.76. The second kappa shape index (κ2) is 46.9. The summed E-state index contributed by atoms with van der Waals surface area (Å²) in [5.74, 6) is -1.00. The number of carbonyl (C=O) groups is 2. The normalized spacial score (nSPS) is 32.9. The van der Waals surface area contributed by atoms with Crippen LogP contribution in [0.15, 0.2) is 12.2 Å². The average molecular weight is 1310 g/mol. The molecular formula is C66H122N2O23. The van der Waals surface area contributed by atoms with E-state index in [9.17, 15) is 76.0 Å². The molecule has 0 aromatic rings. The summed E-state index contributed by atoms with van der Waals surface area (Å²) in [6.45, 7) is 1.64. The Morgan fingerprint density at radius 3 is 1.25 bits per heavy atom. The Hall–Kier alpha value is -2.16. The lowest BCUT2D eigenvalue weighted by Gasteiger charge is -2.49. The van der Waals surface area contributed by atoms with Gasteiger partial charge < -0.3 is 115 Å². The van der Waals surface area contributed by atoms with Gasteiger partial charge in [0.05, 0.1) is 45.2 Å². The summed E-state index contributed by atoms with van der Waals surface area (Å²) < 4.78 is 46.5. The van der Waals surface area contributed by atoms with Crippen LogP contribution < -0.4 is 10.6 Å². The molecule has 8 unspecified atom stereocenters. The van der Waals surface area contributed by atoms with Crippen LogP contribution in [0, 0.1) is 0 Å². The summed E-state index contributed by atoms with van der Waals surface area (Å²) in [5, 5.41) is 147. The van der Waals surface area contributed by atoms with Gasteiger partial charge in [-0.3, -0.25) is 9.59 Å². The molecule has 0 spiro atoms. The van der Waals surface area contributed by atoms with E-state index in [0.29, 0.717) is 12.8 Å². The fourth-order valence-electron chi connectivity index (χ4n) is 12.4. The van der Waals surface area contributed by atoms with Crippen LogP contribution in [-0.2, 0) is 47.5 Å². The first-order valence-corrected chi connectivity index (χ1v) is 34.9. The third-order valence-corrected chi connectivity index (χ3v) is 18.1. The Morgan fingerprint density at radius 1 is 0.429 bits per heavy atom. The molecule has 4 heterocycles. The molecule has 534 valence electrons. The Balaban J connectivity index is 1.31. The second-order valence-electron chi connectivity index (χ2n) is 25.7. The molecule has 0 saturated carbocycles. The fourth-order valence-corrected chi connectivity index (χ4v) is 12.4. The van der Waals surface area contributed by atoms with Crippen molar-refractivity contribution in [2.45, 2.75) is 361 Å². The molecule has 0 bridgehead atoms. The third kappa shape index (κ3) is 28.4. The standard InChI is InChI=1S/C66H122N2O23/c1-4-6-8-10-12-14-16-18-19-20-21-22-23-25-27-29-31-33-35-37-50(75)68-44(45(74)36-34-32-30-28-26-24-17-15-13-11-9-7-5-2)42-84-64-57(81)55(79)60(48(40-71)87-64)89-65-58(82)56(80)61(49(41-72)88-65)90-66-59(83)62(53(77)47(39-70)86-66)91-63-51(67-43(3)73)54(78)52(76)46(38-69)85-63/h34,36,44-49,51-66,69-72,74,76-83H,4-33,35,37-42H2,1-3H3,(H,67,73)(H,68,75)/b36-34+/t44-,45+,46?,47?,48?,49?,51?,52-,53-,54+,55+,56+,57?,58?,59?,60+,61-,62-,63-,64+,65-,66-/m0/s1. The van der Waals surface area contributed by atoms with E-state index in [4.69, 9.17) is 37.9 Å². The Morgan fingerprint density at radius 2 is 0.802 bits per heavy atom. The van der Waals surface area contributed by atoms with E-state index in [1.165, 1.54) is 148 Å². The molecule has 91 heavy (non-hydrogen) atoms. The van der Waals surface area contributed by atoms with Crippen molar-refractivity contribution in [1.29, 1.82) is 0 Å². The largest absolute Gasteiger partial charge is 0.394 e. The number of nitrogens with one attached hydrogen (secondary N) is 2. The van der Waals surface area contributed by atoms with Crippen LogP contribution in [0.1, 0.15) is 226 Å². The number of allylic oxidation sites excluding steroid dienone is 1. The molecule has 0 aromatic heterocycles. The zero-order valence-corrected chi connectivity index (χ0v) is 54.9. The zero-order valence-electron chi connectivity index (χ0n) is 54.9. The molecule has 4 aliphatic heterocycles. The molecule has 0 aromatic carbocycles. The number of unbranched alkanes of at least 4 members (excludes halogenated alkanes) is 29. The van der Waals surface area contributed by atoms with E-state index in [0.717, 1.165) is 45.4 Å². The van der Waals surface area contributed by atoms with E-state index in [1.54, 1.807) is 6.08 Å². The maximum absolute atomic E-state index is 13.4. The minimum atomic E-state index is -2.09. The van der Waals surface area contributed by atoms with Crippen LogP contribution in [0.2, 0.25) is 0 Å². The molecule has 15 N–H and O–H groups in total. The Kier molecular flexibility index (Phi) is 41.9. The van der Waals surface area contributed by atoms with Crippen LogP contribution in [-0.4, -0.2) is 246 Å². The van der Waals surface area contributed by atoms with Crippen LogP contribution in [0.25, 0.3) is 0 Å². The zero-order chi connectivity index (χ0) is 66.5. The molecule has 25 nitrogen and oxygen atoms in total. The maximum Gasteiger partial charge on any atom is 0.220 e. The molecular weight excluding hydrogens is 1190 g/mol. The molecule has 0 aliphatic carbocycles. The van der Waals surface area contributed by atoms with Gasteiger partial charge in [-0.1, -0.05) is 206 Å². The van der Waals surface area contributed by atoms with Crippen LogP contribution >= 0.6 is 0 Å². The van der Waals surface area contributed by atoms with Crippen molar-refractivity contribution >= 4 is 11.8 Å². The van der Waals surface area contributed by atoms with Crippen molar-refractivity contribution in [2.75, 3.05) is 33.0 Å². The molecule has 2 amide bonds. The predicted octanol–water partition coefficient (Wildman–Crippen LogP) is 3.34. The molecule has 4 rings (SSSR count). The highest BCUT2D eigenvalue weighted by Crippen LogP contribution is 2.35. The number of aliphatic hydroxyl groups excluding tert-OH is 13. The van der Waals surface area contributed by atoms with Crippen molar-refractivity contribution in [2.24, 2.45) is 0 Å². The van der Waals surface area contributed by atoms with Crippen molar-refractivity contribution in [3.8, 4) is 0 Å². The first-order valence-electron chi connectivity index (χ1n) is 34.9. The first-order chi connectivity index (χ1) is 44.0. The number of aliphatic hydroxyl groups is 13. The average Bonchev–Trinajstić information content (AvgIpc) is 0.859. The van der Waals surface area contributed by atoms with Crippen molar-refractivity contribution in [3.63, 3.8) is 0 Å². The van der Waals surface area contributed by atoms with E-state index >= 15 is 0 Å². The predicted molar refractivity (Wildman–Crippen MR) is 335 cm³/mol. The minimum absolute atomic E-state index is 0.219. The third-order valence-electron chi connectivity index (χ3n) is 18.1. The molecule has 25 heteroatoms. The monoisotopic (exact) mass is 1310 g/mol. The Labute approximate surface area is 540 Å². The van der Waals surface area contributed by atoms with Crippen molar-refractivity contribution < 1.29 is 114 Å². The highest BCUT2D eigenvalue weighted by atomic mass is 16.8. The number of rotatable bonds is 49. The summed E-state index contributed by atoms with van der Waals surface area (Å²) in [6.07, 6.45) is 5.61. The number of amides is 2. The summed E-state index contributed by atoms with van der Waals surface area (Å²) in [5.41, 5.74) is 0. The van der Waals surface area contributed by atoms with Gasteiger partial charge in [0, 0.05) is 13.3 Å². The van der Waals surface area contributed by atoms with Gasteiger partial charge in [-0.15, -0.1) is 0 Å². The second-order valence-corrected chi connectivity index (χ2v) is 25.7. The van der Waals surface area contributed by atoms with Crippen LogP contribution in [0.5, 0.6) is 0 Å². The quantitative estimate of drug-likeness (QED) is 0.0307. The molecule has 22 atom stereocenters. The lowest BCUT2D eigenvalue weighted by molar-refractivity contribution is -0.386. The van der Waals surface area contributed by atoms with Crippen LogP contribution in [0.3, 0.4) is 0 Å². The minimum Gasteiger partial charge on any atom is -0.394 e. The molecule has 4 saturated heterocycles. The topological polar surface area (TPSA) is 395 Å². The maximum atomic E-state index is 13.4. The SMILES string of the molecule is CCCCCCCCCCCCC/C=C/[C@@H](O)[C@H](CO[C@@H]1OC(CO)[C@@H](O[C@@H]2OC(CO)[C@H](O[C@@H]3OC(CO)[C@H](O)[C@H](O[C@@H]4OC(CO)[C@H](O)[C@H](O)C4NC(C)=O)C3O)[C@H](O)C2O)[C@H](O)C1O)NC(=O)CCCCCCCCCCCCCCCCCCCCC. The number of hydrogen-bond acceptors (Lipinski definition) is 23. The summed E-state index contributed by atoms with van der Waals surface area (Å²) >= 11 is 0. The Bertz CT molecular complexity index is 1900. The molecule has 4 fully saturated rings.